The van der Waals surface area contributed by atoms with Crippen LogP contribution in [0.1, 0.15) is 51.1 Å². The molecule has 21 heavy (non-hydrogen) atoms. The summed E-state index contributed by atoms with van der Waals surface area (Å²) in [5.41, 5.74) is 2.69. The van der Waals surface area contributed by atoms with Gasteiger partial charge in [-0.2, -0.15) is 5.26 Å². The third kappa shape index (κ3) is 5.29. The van der Waals surface area contributed by atoms with E-state index in [4.69, 9.17) is 0 Å². The van der Waals surface area contributed by atoms with Gasteiger partial charge in [-0.3, -0.25) is 5.32 Å². The third-order valence-electron chi connectivity index (χ3n) is 3.47. The molecule has 1 heterocycles. The van der Waals surface area contributed by atoms with E-state index >= 15 is 0 Å². The van der Waals surface area contributed by atoms with E-state index in [1.54, 1.807) is 11.8 Å². The molecule has 0 aliphatic carbocycles. The van der Waals surface area contributed by atoms with Crippen LogP contribution in [-0.4, -0.2) is 26.8 Å². The average molecular weight is 306 g/mol. The number of nitrogens with one attached hydrogen (secondary N) is 1. The van der Waals surface area contributed by atoms with Gasteiger partial charge in [-0.15, -0.1) is 0 Å². The number of aromatic nitrogens is 2. The lowest BCUT2D eigenvalue weighted by Gasteiger charge is -2.28. The molecule has 2 unspecified atom stereocenters. The zero-order chi connectivity index (χ0) is 16.2. The van der Waals surface area contributed by atoms with Crippen molar-refractivity contribution in [3.8, 4) is 6.07 Å². The summed E-state index contributed by atoms with van der Waals surface area (Å²) in [6.45, 7) is 14.3. The van der Waals surface area contributed by atoms with Crippen molar-refractivity contribution in [1.29, 1.82) is 5.26 Å². The first-order valence-electron chi connectivity index (χ1n) is 7.34. The molecule has 0 saturated heterocycles. The lowest BCUT2D eigenvalue weighted by Crippen LogP contribution is -2.46. The van der Waals surface area contributed by atoms with Crippen LogP contribution in [0, 0.1) is 32.1 Å². The summed E-state index contributed by atoms with van der Waals surface area (Å²) >= 11 is 1.64. The van der Waals surface area contributed by atoms with Gasteiger partial charge in [0.1, 0.15) is 5.54 Å². The number of hydrogen-bond acceptors (Lipinski definition) is 5. The summed E-state index contributed by atoms with van der Waals surface area (Å²) in [5.74, 6) is 0. The van der Waals surface area contributed by atoms with Crippen molar-refractivity contribution in [1.82, 2.24) is 15.3 Å². The predicted molar refractivity (Wildman–Crippen MR) is 88.5 cm³/mol. The molecule has 1 rings (SSSR count). The summed E-state index contributed by atoms with van der Waals surface area (Å²) in [6.07, 6.45) is 0.752. The molecule has 1 aromatic heterocycles. The van der Waals surface area contributed by atoms with E-state index in [2.05, 4.69) is 42.1 Å². The maximum atomic E-state index is 9.42. The Kier molecular flexibility index (Phi) is 6.18. The van der Waals surface area contributed by atoms with Crippen LogP contribution in [0.15, 0.2) is 5.16 Å². The van der Waals surface area contributed by atoms with Crippen LogP contribution in [0.2, 0.25) is 0 Å². The molecule has 0 spiro atoms. The zero-order valence-electron chi connectivity index (χ0n) is 14.1. The first kappa shape index (κ1) is 17.9. The fourth-order valence-electron chi connectivity index (χ4n) is 2.36. The Bertz CT molecular complexity index is 513. The van der Waals surface area contributed by atoms with Gasteiger partial charge < -0.3 is 0 Å². The van der Waals surface area contributed by atoms with Crippen LogP contribution in [0.5, 0.6) is 0 Å². The van der Waals surface area contributed by atoms with Crippen LogP contribution < -0.4 is 5.32 Å². The van der Waals surface area contributed by atoms with E-state index in [1.165, 1.54) is 0 Å². The van der Waals surface area contributed by atoms with Crippen molar-refractivity contribution in [2.45, 2.75) is 76.9 Å². The van der Waals surface area contributed by atoms with E-state index in [-0.39, 0.29) is 11.3 Å². The van der Waals surface area contributed by atoms with Gasteiger partial charge in [0.15, 0.2) is 5.16 Å². The molecule has 0 bridgehead atoms. The molecular weight excluding hydrogens is 280 g/mol. The van der Waals surface area contributed by atoms with E-state index in [0.29, 0.717) is 0 Å². The van der Waals surface area contributed by atoms with Crippen LogP contribution in [0.3, 0.4) is 0 Å². The number of thioether (sulfide) groups is 1. The third-order valence-corrected chi connectivity index (χ3v) is 4.43. The Morgan fingerprint density at radius 1 is 1.19 bits per heavy atom. The molecule has 0 saturated carbocycles. The Morgan fingerprint density at radius 3 is 2.14 bits per heavy atom. The van der Waals surface area contributed by atoms with Gasteiger partial charge in [-0.05, 0) is 53.5 Å². The molecule has 1 N–H and O–H groups in total. The lowest BCUT2D eigenvalue weighted by molar-refractivity contribution is 0.382. The smallest absolute Gasteiger partial charge is 0.188 e. The van der Waals surface area contributed by atoms with Crippen molar-refractivity contribution >= 4 is 11.8 Å². The highest BCUT2D eigenvalue weighted by Gasteiger charge is 2.27. The number of nitrogens with zero attached hydrogens (tertiary/aromatic N) is 3. The Morgan fingerprint density at radius 2 is 1.71 bits per heavy atom. The van der Waals surface area contributed by atoms with Crippen molar-refractivity contribution in [3.05, 3.63) is 17.0 Å². The van der Waals surface area contributed by atoms with E-state index in [1.807, 2.05) is 27.7 Å². The molecule has 0 amide bonds. The van der Waals surface area contributed by atoms with Crippen molar-refractivity contribution in [2.75, 3.05) is 0 Å². The largest absolute Gasteiger partial charge is 0.297 e. The SMILES string of the molecule is Cc1nc(SC(C)CC(C)(C#N)NC(C)C)nc(C)c1C. The summed E-state index contributed by atoms with van der Waals surface area (Å²) in [5, 5.41) is 13.8. The Hall–Kier alpha value is -1.12. The number of aryl methyl sites for hydroxylation is 2. The van der Waals surface area contributed by atoms with Gasteiger partial charge in [0.05, 0.1) is 6.07 Å². The topological polar surface area (TPSA) is 61.6 Å². The normalized spacial score (nSPS) is 15.6. The van der Waals surface area contributed by atoms with Crippen LogP contribution in [-0.2, 0) is 0 Å². The van der Waals surface area contributed by atoms with Gasteiger partial charge in [0, 0.05) is 22.7 Å². The number of nitriles is 1. The molecule has 1 aromatic rings. The Balaban J connectivity index is 2.78. The van der Waals surface area contributed by atoms with Crippen molar-refractivity contribution < 1.29 is 0 Å². The second-order valence-corrected chi connectivity index (χ2v) is 7.58. The lowest BCUT2D eigenvalue weighted by atomic mass is 9.97. The highest BCUT2D eigenvalue weighted by Crippen LogP contribution is 2.27. The molecule has 0 aliphatic heterocycles. The van der Waals surface area contributed by atoms with Crippen LogP contribution >= 0.6 is 11.8 Å². The predicted octanol–water partition coefficient (Wildman–Crippen LogP) is 3.55. The monoisotopic (exact) mass is 306 g/mol. The highest BCUT2D eigenvalue weighted by atomic mass is 32.2. The van der Waals surface area contributed by atoms with E-state index in [0.717, 1.165) is 28.5 Å². The van der Waals surface area contributed by atoms with Crippen LogP contribution in [0.4, 0.5) is 0 Å². The average Bonchev–Trinajstić information content (AvgIpc) is 2.34. The highest BCUT2D eigenvalue weighted by molar-refractivity contribution is 7.99. The molecule has 4 nitrogen and oxygen atoms in total. The summed E-state index contributed by atoms with van der Waals surface area (Å²) in [6, 6.07) is 2.68. The first-order chi connectivity index (χ1) is 9.66. The van der Waals surface area contributed by atoms with Gasteiger partial charge in [-0.1, -0.05) is 18.7 Å². The van der Waals surface area contributed by atoms with E-state index < -0.39 is 5.54 Å². The molecule has 0 aliphatic rings. The molecule has 0 aromatic carbocycles. The Labute approximate surface area is 132 Å². The van der Waals surface area contributed by atoms with Gasteiger partial charge in [0.2, 0.25) is 0 Å². The van der Waals surface area contributed by atoms with Gasteiger partial charge in [-0.25, -0.2) is 9.97 Å². The fourth-order valence-corrected chi connectivity index (χ4v) is 3.52. The zero-order valence-corrected chi connectivity index (χ0v) is 14.9. The summed E-state index contributed by atoms with van der Waals surface area (Å²) < 4.78 is 0. The minimum Gasteiger partial charge on any atom is -0.297 e. The van der Waals surface area contributed by atoms with Crippen molar-refractivity contribution in [3.63, 3.8) is 0 Å². The number of hydrogen-bond donors (Lipinski definition) is 1. The van der Waals surface area contributed by atoms with Crippen LogP contribution in [0.25, 0.3) is 0 Å². The van der Waals surface area contributed by atoms with E-state index in [9.17, 15) is 5.26 Å². The maximum absolute atomic E-state index is 9.42. The summed E-state index contributed by atoms with van der Waals surface area (Å²) in [4.78, 5) is 9.08. The second-order valence-electron chi connectivity index (χ2n) is 6.18. The minimum absolute atomic E-state index is 0.266. The molecule has 2 atom stereocenters. The molecule has 5 heteroatoms. The molecule has 116 valence electrons. The quantitative estimate of drug-likeness (QED) is 0.643. The van der Waals surface area contributed by atoms with Gasteiger partial charge in [0.25, 0.3) is 0 Å². The van der Waals surface area contributed by atoms with Crippen molar-refractivity contribution in [2.24, 2.45) is 0 Å². The maximum Gasteiger partial charge on any atom is 0.188 e. The number of rotatable bonds is 6. The molecule has 0 fully saturated rings. The first-order valence-corrected chi connectivity index (χ1v) is 8.22. The second kappa shape index (κ2) is 7.24. The minimum atomic E-state index is -0.518. The molecular formula is C16H26N4S. The summed E-state index contributed by atoms with van der Waals surface area (Å²) in [7, 11) is 0. The van der Waals surface area contributed by atoms with Gasteiger partial charge >= 0.3 is 0 Å². The fraction of sp³-hybridized carbons (Fsp3) is 0.688. The molecule has 0 radical (unpaired) electrons. The standard InChI is InChI=1S/C16H26N4S/c1-10(2)20-16(7,9-17)8-11(3)21-15-18-13(5)12(4)14(6)19-15/h10-11,20H,8H2,1-7H3.